The molecule has 214 valence electrons. The van der Waals surface area contributed by atoms with Gasteiger partial charge in [-0.15, -0.1) is 0 Å². The van der Waals surface area contributed by atoms with E-state index >= 15 is 0 Å². The van der Waals surface area contributed by atoms with Gasteiger partial charge in [0.25, 0.3) is 0 Å². The van der Waals surface area contributed by atoms with Gasteiger partial charge in [-0.2, -0.15) is 0 Å². The number of carbonyl (C=O) groups is 2. The summed E-state index contributed by atoms with van der Waals surface area (Å²) in [5, 5.41) is 2.83. The maximum Gasteiger partial charge on any atom is 0.407 e. The molecule has 0 bridgehead atoms. The van der Waals surface area contributed by atoms with Gasteiger partial charge in [0.1, 0.15) is 11.2 Å². The molecule has 1 rings (SSSR count). The molecule has 0 spiro atoms. The Morgan fingerprint density at radius 3 is 1.95 bits per heavy atom. The van der Waals surface area contributed by atoms with E-state index in [0.717, 1.165) is 15.6 Å². The number of carbonyl (C=O) groups excluding carboxylic acids is 2. The highest BCUT2D eigenvalue weighted by Gasteiger charge is 2.41. The molecular weight excluding hydrogens is 562 g/mol. The molecular formula is C30H48BrNO5Si. The molecule has 0 aromatic heterocycles. The normalized spacial score (nSPS) is 15.2. The van der Waals surface area contributed by atoms with Gasteiger partial charge in [0.2, 0.25) is 0 Å². The second-order valence-electron chi connectivity index (χ2n) is 13.2. The van der Waals surface area contributed by atoms with Gasteiger partial charge in [-0.05, 0) is 84.3 Å². The maximum absolute atomic E-state index is 12.9. The lowest BCUT2D eigenvalue weighted by Crippen LogP contribution is -2.52. The third kappa shape index (κ3) is 13.2. The SMILES string of the molecule is CC(/C=C/c1ccc(Br)cc1)=C\[C@H](O[Si](C)(C)C(C)(C)C)[C@H](CC(=O)OC(C)(C)C)NC(=O)OC(C)(C)C. The van der Waals surface area contributed by atoms with Crippen LogP contribution in [0.25, 0.3) is 6.08 Å². The first-order chi connectivity index (χ1) is 17.1. The second kappa shape index (κ2) is 13.4. The van der Waals surface area contributed by atoms with Gasteiger partial charge < -0.3 is 19.2 Å². The smallest absolute Gasteiger partial charge is 0.407 e. The number of rotatable bonds is 9. The molecule has 1 amide bonds. The molecule has 0 unspecified atom stereocenters. The maximum atomic E-state index is 12.9. The molecule has 0 saturated heterocycles. The van der Waals surface area contributed by atoms with E-state index in [0.29, 0.717) is 0 Å². The van der Waals surface area contributed by atoms with E-state index in [2.05, 4.69) is 55.1 Å². The van der Waals surface area contributed by atoms with Crippen molar-refractivity contribution in [1.82, 2.24) is 5.32 Å². The fraction of sp³-hybridized carbons (Fsp3) is 0.600. The molecule has 38 heavy (non-hydrogen) atoms. The fourth-order valence-electron chi connectivity index (χ4n) is 3.14. The second-order valence-corrected chi connectivity index (χ2v) is 18.9. The first kappa shape index (κ1) is 34.1. The van der Waals surface area contributed by atoms with E-state index in [-0.39, 0.29) is 11.5 Å². The van der Waals surface area contributed by atoms with Gasteiger partial charge in [0, 0.05) is 4.47 Å². The molecule has 0 aliphatic carbocycles. The summed E-state index contributed by atoms with van der Waals surface area (Å²) < 4.78 is 19.0. The van der Waals surface area contributed by atoms with Gasteiger partial charge in [0.05, 0.1) is 18.6 Å². The van der Waals surface area contributed by atoms with Crippen LogP contribution < -0.4 is 5.32 Å². The van der Waals surface area contributed by atoms with Crippen LogP contribution in [0.2, 0.25) is 18.1 Å². The summed E-state index contributed by atoms with van der Waals surface area (Å²) in [6.45, 7) is 23.6. The minimum atomic E-state index is -2.30. The molecule has 0 aliphatic heterocycles. The molecule has 6 nitrogen and oxygen atoms in total. The Balaban J connectivity index is 3.45. The highest BCUT2D eigenvalue weighted by molar-refractivity contribution is 9.10. The standard InChI is InChI=1S/C30H48BrNO5Si/c1-21(13-14-22-15-17-23(31)18-16-22)19-25(37-38(11,12)30(8,9)10)24(20-26(33)35-28(2,3)4)32-27(34)36-29(5,6)7/h13-19,24-25H,20H2,1-12H3,(H,32,34)/b14-13+,21-19+/t24-,25-/m0/s1. The van der Waals surface area contributed by atoms with Gasteiger partial charge in [-0.25, -0.2) is 4.79 Å². The van der Waals surface area contributed by atoms with Crippen molar-refractivity contribution in [2.75, 3.05) is 0 Å². The molecule has 0 aliphatic rings. The molecule has 0 radical (unpaired) electrons. The van der Waals surface area contributed by atoms with E-state index in [1.54, 1.807) is 20.8 Å². The summed E-state index contributed by atoms with van der Waals surface area (Å²) in [6.07, 6.45) is 4.75. The summed E-state index contributed by atoms with van der Waals surface area (Å²) in [4.78, 5) is 25.8. The lowest BCUT2D eigenvalue weighted by atomic mass is 10.0. The molecule has 0 fully saturated rings. The highest BCUT2D eigenvalue weighted by Crippen LogP contribution is 2.38. The Hall–Kier alpha value is -1.90. The number of benzene rings is 1. The molecule has 1 aromatic carbocycles. The van der Waals surface area contributed by atoms with Crippen molar-refractivity contribution >= 4 is 42.4 Å². The third-order valence-corrected chi connectivity index (χ3v) is 11.0. The number of hydrogen-bond donors (Lipinski definition) is 1. The van der Waals surface area contributed by atoms with Gasteiger partial charge in [-0.3, -0.25) is 4.79 Å². The molecule has 1 N–H and O–H groups in total. The van der Waals surface area contributed by atoms with Crippen LogP contribution in [0.15, 0.2) is 46.5 Å². The largest absolute Gasteiger partial charge is 0.460 e. The predicted molar refractivity (Wildman–Crippen MR) is 163 cm³/mol. The number of amides is 1. The van der Waals surface area contributed by atoms with Crippen LogP contribution in [0, 0.1) is 0 Å². The van der Waals surface area contributed by atoms with Crippen LogP contribution in [0.3, 0.4) is 0 Å². The Kier molecular flexibility index (Phi) is 12.1. The Morgan fingerprint density at radius 1 is 0.947 bits per heavy atom. The molecule has 1 aromatic rings. The van der Waals surface area contributed by atoms with Crippen LogP contribution in [-0.2, 0) is 18.7 Å². The number of ether oxygens (including phenoxy) is 2. The monoisotopic (exact) mass is 609 g/mol. The fourth-order valence-corrected chi connectivity index (χ4v) is 4.67. The van der Waals surface area contributed by atoms with Crippen LogP contribution in [0.4, 0.5) is 4.79 Å². The predicted octanol–water partition coefficient (Wildman–Crippen LogP) is 8.42. The Bertz CT molecular complexity index is 965. The van der Waals surface area contributed by atoms with E-state index in [1.807, 2.05) is 70.2 Å². The summed E-state index contributed by atoms with van der Waals surface area (Å²) in [5.41, 5.74) is 0.662. The minimum Gasteiger partial charge on any atom is -0.460 e. The molecule has 2 atom stereocenters. The Labute approximate surface area is 239 Å². The average Bonchev–Trinajstić information content (AvgIpc) is 2.68. The van der Waals surface area contributed by atoms with Crippen LogP contribution >= 0.6 is 15.9 Å². The van der Waals surface area contributed by atoms with Crippen molar-refractivity contribution < 1.29 is 23.5 Å². The van der Waals surface area contributed by atoms with Crippen molar-refractivity contribution in [3.05, 3.63) is 52.0 Å². The quantitative estimate of drug-likeness (QED) is 0.173. The Morgan fingerprint density at radius 2 is 1.47 bits per heavy atom. The van der Waals surface area contributed by atoms with Crippen molar-refractivity contribution in [2.24, 2.45) is 0 Å². The third-order valence-electron chi connectivity index (χ3n) is 5.98. The first-order valence-corrected chi connectivity index (χ1v) is 16.8. The first-order valence-electron chi connectivity index (χ1n) is 13.1. The van der Waals surface area contributed by atoms with Crippen molar-refractivity contribution in [3.63, 3.8) is 0 Å². The number of allylic oxidation sites excluding steroid dienone is 2. The van der Waals surface area contributed by atoms with Crippen molar-refractivity contribution in [1.29, 1.82) is 0 Å². The summed E-state index contributed by atoms with van der Waals surface area (Å²) in [5.74, 6) is -0.418. The van der Waals surface area contributed by atoms with Crippen LogP contribution in [0.5, 0.6) is 0 Å². The summed E-state index contributed by atoms with van der Waals surface area (Å²) in [7, 11) is -2.30. The van der Waals surface area contributed by atoms with E-state index in [1.165, 1.54) is 0 Å². The van der Waals surface area contributed by atoms with E-state index in [4.69, 9.17) is 13.9 Å². The summed E-state index contributed by atoms with van der Waals surface area (Å²) in [6, 6.07) is 7.33. The molecule has 0 saturated carbocycles. The number of halogens is 1. The number of alkyl carbamates (subject to hydrolysis) is 1. The lowest BCUT2D eigenvalue weighted by Gasteiger charge is -2.41. The topological polar surface area (TPSA) is 73.9 Å². The molecule has 0 heterocycles. The lowest BCUT2D eigenvalue weighted by molar-refractivity contribution is -0.155. The van der Waals surface area contributed by atoms with Crippen LogP contribution in [-0.4, -0.2) is 43.7 Å². The molecule has 8 heteroatoms. The zero-order valence-electron chi connectivity index (χ0n) is 25.3. The zero-order valence-corrected chi connectivity index (χ0v) is 27.9. The number of nitrogens with one attached hydrogen (secondary N) is 1. The number of hydrogen-bond acceptors (Lipinski definition) is 5. The summed E-state index contributed by atoms with van der Waals surface area (Å²) >= 11 is 3.46. The highest BCUT2D eigenvalue weighted by atomic mass is 79.9. The average molecular weight is 611 g/mol. The van der Waals surface area contributed by atoms with Crippen molar-refractivity contribution in [3.8, 4) is 0 Å². The van der Waals surface area contributed by atoms with E-state index in [9.17, 15) is 9.59 Å². The van der Waals surface area contributed by atoms with Crippen molar-refractivity contribution in [2.45, 2.75) is 117 Å². The minimum absolute atomic E-state index is 0.0595. The van der Waals surface area contributed by atoms with Crippen LogP contribution in [0.1, 0.15) is 81.2 Å². The van der Waals surface area contributed by atoms with E-state index < -0.39 is 43.7 Å². The zero-order chi connectivity index (χ0) is 29.5. The van der Waals surface area contributed by atoms with Gasteiger partial charge >= 0.3 is 12.1 Å². The number of esters is 1. The van der Waals surface area contributed by atoms with Gasteiger partial charge in [-0.1, -0.05) is 72.6 Å². The van der Waals surface area contributed by atoms with Gasteiger partial charge in [0.15, 0.2) is 8.32 Å².